The lowest BCUT2D eigenvalue weighted by molar-refractivity contribution is -0.138. The van der Waals surface area contributed by atoms with E-state index in [2.05, 4.69) is 27.0 Å². The van der Waals surface area contributed by atoms with E-state index in [1.807, 2.05) is 18.2 Å². The van der Waals surface area contributed by atoms with Crippen LogP contribution in [-0.2, 0) is 11.2 Å². The maximum absolute atomic E-state index is 13.2. The van der Waals surface area contributed by atoms with Gasteiger partial charge in [-0.15, -0.1) is 0 Å². The summed E-state index contributed by atoms with van der Waals surface area (Å²) in [5, 5.41) is 0. The molecule has 2 aromatic rings. The Morgan fingerprint density at radius 2 is 1.91 bits per heavy atom. The van der Waals surface area contributed by atoms with Crippen molar-refractivity contribution in [1.29, 1.82) is 0 Å². The molecular weight excluding hydrogens is 286 g/mol. The van der Waals surface area contributed by atoms with E-state index < -0.39 is 0 Å². The molecule has 1 N–H and O–H groups in total. The molecule has 120 valence electrons. The Kier molecular flexibility index (Phi) is 3.90. The zero-order chi connectivity index (χ0) is 15.6. The van der Waals surface area contributed by atoms with Crippen LogP contribution in [0.15, 0.2) is 36.7 Å². The second-order valence-corrected chi connectivity index (χ2v) is 6.70. The predicted molar refractivity (Wildman–Crippen MR) is 88.9 cm³/mol. The van der Waals surface area contributed by atoms with Crippen molar-refractivity contribution in [3.8, 4) is 0 Å². The molecule has 1 atom stereocenters. The zero-order valence-corrected chi connectivity index (χ0v) is 13.4. The number of hydrogen-bond donors (Lipinski definition) is 1. The van der Waals surface area contributed by atoms with Gasteiger partial charge in [0.15, 0.2) is 0 Å². The van der Waals surface area contributed by atoms with Gasteiger partial charge in [-0.2, -0.15) is 0 Å². The van der Waals surface area contributed by atoms with Gasteiger partial charge < -0.3 is 9.88 Å². The van der Waals surface area contributed by atoms with Crippen molar-refractivity contribution in [3.63, 3.8) is 0 Å². The number of imidazole rings is 1. The minimum atomic E-state index is -0.0411. The molecule has 1 amide bonds. The Hall–Kier alpha value is -2.10. The molecule has 0 saturated heterocycles. The van der Waals surface area contributed by atoms with Crippen molar-refractivity contribution in [3.05, 3.63) is 53.6 Å². The molecule has 0 spiro atoms. The van der Waals surface area contributed by atoms with E-state index in [-0.39, 0.29) is 12.0 Å². The van der Waals surface area contributed by atoms with Crippen LogP contribution in [0.3, 0.4) is 0 Å². The van der Waals surface area contributed by atoms with Crippen molar-refractivity contribution in [1.82, 2.24) is 14.9 Å². The Labute approximate surface area is 136 Å². The number of carbonyl (C=O) groups excluding carboxylic acids is 1. The van der Waals surface area contributed by atoms with Crippen molar-refractivity contribution >= 4 is 5.91 Å². The van der Waals surface area contributed by atoms with E-state index >= 15 is 0 Å². The number of aromatic nitrogens is 2. The molecule has 1 aliphatic carbocycles. The highest BCUT2D eigenvalue weighted by Crippen LogP contribution is 2.36. The highest BCUT2D eigenvalue weighted by molar-refractivity contribution is 5.80. The summed E-state index contributed by atoms with van der Waals surface area (Å²) in [6, 6.07) is 10.3. The summed E-state index contributed by atoms with van der Waals surface area (Å²) in [5.41, 5.74) is 3.35. The second-order valence-electron chi connectivity index (χ2n) is 6.70. The van der Waals surface area contributed by atoms with E-state index in [9.17, 15) is 4.79 Å². The molecule has 1 fully saturated rings. The number of nitrogens with one attached hydrogen (secondary N) is 1. The first-order valence-corrected chi connectivity index (χ1v) is 8.72. The third-order valence-corrected chi connectivity index (χ3v) is 5.28. The van der Waals surface area contributed by atoms with E-state index in [4.69, 9.17) is 0 Å². The van der Waals surface area contributed by atoms with Gasteiger partial charge in [0.1, 0.15) is 6.04 Å². The van der Waals surface area contributed by atoms with Gasteiger partial charge >= 0.3 is 0 Å². The van der Waals surface area contributed by atoms with Gasteiger partial charge in [-0.3, -0.25) is 4.79 Å². The quantitative estimate of drug-likeness (QED) is 0.923. The number of hydrogen-bond acceptors (Lipinski definition) is 2. The van der Waals surface area contributed by atoms with Crippen molar-refractivity contribution < 1.29 is 4.79 Å². The lowest BCUT2D eigenvalue weighted by atomic mass is 9.86. The van der Waals surface area contributed by atoms with E-state index in [0.29, 0.717) is 5.91 Å². The number of benzene rings is 1. The summed E-state index contributed by atoms with van der Waals surface area (Å²) < 4.78 is 0. The summed E-state index contributed by atoms with van der Waals surface area (Å²) in [7, 11) is 0. The van der Waals surface area contributed by atoms with Gasteiger partial charge in [0.25, 0.3) is 0 Å². The minimum absolute atomic E-state index is 0.0411. The van der Waals surface area contributed by atoms with Crippen LogP contribution in [0.25, 0.3) is 0 Å². The predicted octanol–water partition coefficient (Wildman–Crippen LogP) is 3.46. The fraction of sp³-hybridized carbons (Fsp3) is 0.474. The monoisotopic (exact) mass is 309 g/mol. The summed E-state index contributed by atoms with van der Waals surface area (Å²) in [6.45, 7) is 0.782. The first kappa shape index (κ1) is 14.5. The van der Waals surface area contributed by atoms with Crippen molar-refractivity contribution in [2.24, 2.45) is 5.92 Å². The van der Waals surface area contributed by atoms with Crippen LogP contribution in [0.5, 0.6) is 0 Å². The molecule has 0 radical (unpaired) electrons. The molecule has 1 aromatic heterocycles. The van der Waals surface area contributed by atoms with Gasteiger partial charge in [0.2, 0.25) is 5.91 Å². The van der Waals surface area contributed by atoms with Crippen LogP contribution in [0.2, 0.25) is 0 Å². The molecule has 2 aliphatic rings. The minimum Gasteiger partial charge on any atom is -0.348 e. The molecule has 1 aliphatic heterocycles. The number of carbonyl (C=O) groups is 1. The third-order valence-electron chi connectivity index (χ3n) is 5.28. The fourth-order valence-electron chi connectivity index (χ4n) is 4.07. The number of rotatable bonds is 2. The topological polar surface area (TPSA) is 49.0 Å². The molecule has 1 saturated carbocycles. The van der Waals surface area contributed by atoms with Crippen LogP contribution >= 0.6 is 0 Å². The highest BCUT2D eigenvalue weighted by Gasteiger charge is 2.36. The summed E-state index contributed by atoms with van der Waals surface area (Å²) >= 11 is 0. The van der Waals surface area contributed by atoms with Gasteiger partial charge in [-0.1, -0.05) is 49.6 Å². The molecule has 0 bridgehead atoms. The standard InChI is InChI=1S/C19H23N3O/c23-19(15-9-5-2-6-10-15)22-12-11-16-17(21-13-20-16)18(22)14-7-3-1-4-8-14/h1,3-4,7-8,13,15,18H,2,5-6,9-12H2,(H,20,21). The van der Waals surface area contributed by atoms with Gasteiger partial charge in [-0.25, -0.2) is 4.98 Å². The number of aromatic amines is 1. The molecule has 4 rings (SSSR count). The molecular formula is C19H23N3O. The number of H-pyrrole nitrogens is 1. The second kappa shape index (κ2) is 6.19. The largest absolute Gasteiger partial charge is 0.348 e. The number of nitrogens with zero attached hydrogens (tertiary/aromatic N) is 2. The summed E-state index contributed by atoms with van der Waals surface area (Å²) in [5.74, 6) is 0.530. The maximum atomic E-state index is 13.2. The van der Waals surface area contributed by atoms with Crippen molar-refractivity contribution in [2.75, 3.05) is 6.54 Å². The molecule has 23 heavy (non-hydrogen) atoms. The van der Waals surface area contributed by atoms with E-state index in [1.165, 1.54) is 25.0 Å². The van der Waals surface area contributed by atoms with E-state index in [1.54, 1.807) is 6.33 Å². The maximum Gasteiger partial charge on any atom is 0.226 e. The first-order chi connectivity index (χ1) is 11.3. The highest BCUT2D eigenvalue weighted by atomic mass is 16.2. The average Bonchev–Trinajstić information content (AvgIpc) is 3.10. The molecule has 2 heterocycles. The van der Waals surface area contributed by atoms with Crippen molar-refractivity contribution in [2.45, 2.75) is 44.6 Å². The first-order valence-electron chi connectivity index (χ1n) is 8.72. The Bertz CT molecular complexity index is 673. The van der Waals surface area contributed by atoms with Crippen LogP contribution in [0.1, 0.15) is 55.1 Å². The Morgan fingerprint density at radius 3 is 2.70 bits per heavy atom. The molecule has 4 heteroatoms. The van der Waals surface area contributed by atoms with Gasteiger partial charge in [0.05, 0.1) is 12.0 Å². The lowest BCUT2D eigenvalue weighted by Gasteiger charge is -2.38. The van der Waals surface area contributed by atoms with Crippen LogP contribution in [0, 0.1) is 5.92 Å². The lowest BCUT2D eigenvalue weighted by Crippen LogP contribution is -2.44. The smallest absolute Gasteiger partial charge is 0.226 e. The number of amides is 1. The zero-order valence-electron chi connectivity index (χ0n) is 13.4. The summed E-state index contributed by atoms with van der Waals surface area (Å²) in [6.07, 6.45) is 8.37. The number of fused-ring (bicyclic) bond motifs is 1. The van der Waals surface area contributed by atoms with Gasteiger partial charge in [-0.05, 0) is 18.4 Å². The molecule has 1 aromatic carbocycles. The SMILES string of the molecule is O=C(C1CCCCC1)N1CCc2[nH]cnc2C1c1ccccc1. The van der Waals surface area contributed by atoms with Crippen LogP contribution in [0.4, 0.5) is 0 Å². The average molecular weight is 309 g/mol. The third kappa shape index (κ3) is 2.67. The Balaban J connectivity index is 1.69. The Morgan fingerprint density at radius 1 is 1.13 bits per heavy atom. The molecule has 4 nitrogen and oxygen atoms in total. The van der Waals surface area contributed by atoms with Crippen LogP contribution < -0.4 is 0 Å². The summed E-state index contributed by atoms with van der Waals surface area (Å²) in [4.78, 5) is 23.0. The van der Waals surface area contributed by atoms with Crippen LogP contribution in [-0.4, -0.2) is 27.3 Å². The van der Waals surface area contributed by atoms with E-state index in [0.717, 1.165) is 37.1 Å². The fourth-order valence-corrected chi connectivity index (χ4v) is 4.07. The van der Waals surface area contributed by atoms with Gasteiger partial charge in [0, 0.05) is 24.6 Å². The molecule has 1 unspecified atom stereocenters. The normalized spacial score (nSPS) is 21.9.